The molecule has 0 aromatic rings. The number of nitrogens with two attached hydrogens (primary N) is 1. The van der Waals surface area contributed by atoms with Gasteiger partial charge in [-0.05, 0) is 70.4 Å². The van der Waals surface area contributed by atoms with Crippen LogP contribution < -0.4 is 11.1 Å². The van der Waals surface area contributed by atoms with E-state index in [0.29, 0.717) is 6.04 Å². The molecule has 3 N–H and O–H groups in total. The molecule has 2 aliphatic rings. The summed E-state index contributed by atoms with van der Waals surface area (Å²) >= 11 is 0. The molecule has 0 spiro atoms. The summed E-state index contributed by atoms with van der Waals surface area (Å²) in [5.74, 6) is 1.45. The lowest BCUT2D eigenvalue weighted by molar-refractivity contribution is -0.124. The van der Waals surface area contributed by atoms with Crippen LogP contribution in [0.4, 0.5) is 0 Å². The van der Waals surface area contributed by atoms with E-state index in [-0.39, 0.29) is 5.91 Å². The Hall–Kier alpha value is -0.610. The number of hydrogen-bond acceptors (Lipinski definition) is 3. The van der Waals surface area contributed by atoms with Crippen LogP contribution in [0.15, 0.2) is 0 Å². The van der Waals surface area contributed by atoms with Crippen LogP contribution in [0.2, 0.25) is 0 Å². The molecule has 21 heavy (non-hydrogen) atoms. The largest absolute Gasteiger partial charge is 0.368 e. The molecule has 4 heteroatoms. The van der Waals surface area contributed by atoms with Crippen molar-refractivity contribution in [1.29, 1.82) is 0 Å². The van der Waals surface area contributed by atoms with E-state index >= 15 is 0 Å². The SMILES string of the molecule is CC(C)C1CCCN(CCC(C)(NC2CC2)C(N)=O)CC1. The van der Waals surface area contributed by atoms with E-state index < -0.39 is 5.54 Å². The number of hydrogen-bond donors (Lipinski definition) is 2. The minimum atomic E-state index is -0.537. The van der Waals surface area contributed by atoms with Crippen LogP contribution in [-0.4, -0.2) is 42.0 Å². The highest BCUT2D eigenvalue weighted by Gasteiger charge is 2.37. The first-order valence-electron chi connectivity index (χ1n) is 8.70. The van der Waals surface area contributed by atoms with Gasteiger partial charge in [-0.3, -0.25) is 4.79 Å². The highest BCUT2D eigenvalue weighted by molar-refractivity contribution is 5.84. The minimum absolute atomic E-state index is 0.204. The highest BCUT2D eigenvalue weighted by atomic mass is 16.1. The van der Waals surface area contributed by atoms with Gasteiger partial charge in [0.05, 0.1) is 5.54 Å². The third-order valence-electron chi connectivity index (χ3n) is 5.38. The molecule has 2 unspecified atom stereocenters. The second-order valence-electron chi connectivity index (χ2n) is 7.64. The van der Waals surface area contributed by atoms with Gasteiger partial charge >= 0.3 is 0 Å². The van der Waals surface area contributed by atoms with Gasteiger partial charge < -0.3 is 16.0 Å². The number of likely N-dealkylation sites (tertiary alicyclic amines) is 1. The van der Waals surface area contributed by atoms with Crippen molar-refractivity contribution in [2.24, 2.45) is 17.6 Å². The summed E-state index contributed by atoms with van der Waals surface area (Å²) in [4.78, 5) is 14.3. The predicted molar refractivity (Wildman–Crippen MR) is 87.0 cm³/mol. The molecule has 0 aromatic carbocycles. The summed E-state index contributed by atoms with van der Waals surface area (Å²) in [6, 6.07) is 0.511. The zero-order valence-electron chi connectivity index (χ0n) is 14.0. The van der Waals surface area contributed by atoms with Gasteiger partial charge in [0.25, 0.3) is 0 Å². The molecule has 2 rings (SSSR count). The lowest BCUT2D eigenvalue weighted by Crippen LogP contribution is -2.55. The lowest BCUT2D eigenvalue weighted by Gasteiger charge is -2.31. The Balaban J connectivity index is 1.81. The number of nitrogens with one attached hydrogen (secondary N) is 1. The van der Waals surface area contributed by atoms with Crippen molar-refractivity contribution in [3.05, 3.63) is 0 Å². The Morgan fingerprint density at radius 3 is 2.57 bits per heavy atom. The molecule has 1 saturated heterocycles. The van der Waals surface area contributed by atoms with E-state index in [1.165, 1.54) is 45.2 Å². The number of carbonyl (C=O) groups is 1. The Labute approximate surface area is 129 Å². The topological polar surface area (TPSA) is 58.4 Å². The molecule has 1 amide bonds. The number of carbonyl (C=O) groups excluding carboxylic acids is 1. The van der Waals surface area contributed by atoms with E-state index in [0.717, 1.165) is 24.8 Å². The quantitative estimate of drug-likeness (QED) is 0.756. The first kappa shape index (κ1) is 16.8. The zero-order valence-corrected chi connectivity index (χ0v) is 14.0. The molecular formula is C17H33N3O. The number of rotatable bonds is 7. The molecule has 0 aromatic heterocycles. The van der Waals surface area contributed by atoms with Gasteiger partial charge in [-0.1, -0.05) is 13.8 Å². The fraction of sp³-hybridized carbons (Fsp3) is 0.941. The van der Waals surface area contributed by atoms with Gasteiger partial charge in [0, 0.05) is 12.6 Å². The molecule has 1 saturated carbocycles. The summed E-state index contributed by atoms with van der Waals surface area (Å²) in [6.07, 6.45) is 7.12. The fourth-order valence-corrected chi connectivity index (χ4v) is 3.40. The molecule has 2 atom stereocenters. The molecule has 0 radical (unpaired) electrons. The summed E-state index contributed by atoms with van der Waals surface area (Å²) in [5, 5.41) is 3.45. The van der Waals surface area contributed by atoms with Crippen LogP contribution in [0.25, 0.3) is 0 Å². The van der Waals surface area contributed by atoms with Crippen molar-refractivity contribution in [1.82, 2.24) is 10.2 Å². The normalized spacial score (nSPS) is 27.3. The van der Waals surface area contributed by atoms with E-state index in [1.54, 1.807) is 0 Å². The Morgan fingerprint density at radius 1 is 1.29 bits per heavy atom. The molecule has 1 aliphatic carbocycles. The van der Waals surface area contributed by atoms with Crippen molar-refractivity contribution in [3.8, 4) is 0 Å². The number of primary amides is 1. The average molecular weight is 295 g/mol. The molecule has 1 aliphatic heterocycles. The first-order chi connectivity index (χ1) is 9.90. The van der Waals surface area contributed by atoms with Crippen LogP contribution >= 0.6 is 0 Å². The summed E-state index contributed by atoms with van der Waals surface area (Å²) in [6.45, 7) is 9.96. The van der Waals surface area contributed by atoms with Crippen LogP contribution in [0, 0.1) is 11.8 Å². The second kappa shape index (κ2) is 7.10. The smallest absolute Gasteiger partial charge is 0.237 e. The van der Waals surface area contributed by atoms with Crippen molar-refractivity contribution >= 4 is 5.91 Å². The maximum Gasteiger partial charge on any atom is 0.237 e. The first-order valence-corrected chi connectivity index (χ1v) is 8.70. The van der Waals surface area contributed by atoms with E-state index in [1.807, 2.05) is 6.92 Å². The fourth-order valence-electron chi connectivity index (χ4n) is 3.40. The van der Waals surface area contributed by atoms with E-state index in [2.05, 4.69) is 24.1 Å². The summed E-state index contributed by atoms with van der Waals surface area (Å²) < 4.78 is 0. The third-order valence-corrected chi connectivity index (χ3v) is 5.38. The number of amides is 1. The maximum atomic E-state index is 11.8. The lowest BCUT2D eigenvalue weighted by atomic mass is 9.89. The molecule has 1 heterocycles. The summed E-state index contributed by atoms with van der Waals surface area (Å²) in [5.41, 5.74) is 5.10. The van der Waals surface area contributed by atoms with E-state index in [9.17, 15) is 4.79 Å². The van der Waals surface area contributed by atoms with Crippen molar-refractivity contribution in [2.75, 3.05) is 19.6 Å². The molecule has 4 nitrogen and oxygen atoms in total. The van der Waals surface area contributed by atoms with Gasteiger partial charge in [-0.2, -0.15) is 0 Å². The molecular weight excluding hydrogens is 262 g/mol. The average Bonchev–Trinajstić information content (AvgIpc) is 3.22. The molecule has 0 bridgehead atoms. The standard InChI is InChI=1S/C17H33N3O/c1-13(2)14-5-4-10-20(11-8-14)12-9-17(3,16(18)21)19-15-6-7-15/h13-15,19H,4-12H2,1-3H3,(H2,18,21). The molecule has 122 valence electrons. The van der Waals surface area contributed by atoms with Gasteiger partial charge in [0.15, 0.2) is 0 Å². The monoisotopic (exact) mass is 295 g/mol. The Bertz CT molecular complexity index is 354. The van der Waals surface area contributed by atoms with Gasteiger partial charge in [0.1, 0.15) is 0 Å². The maximum absolute atomic E-state index is 11.8. The van der Waals surface area contributed by atoms with Crippen LogP contribution in [0.5, 0.6) is 0 Å². The van der Waals surface area contributed by atoms with Crippen LogP contribution in [-0.2, 0) is 4.79 Å². The van der Waals surface area contributed by atoms with E-state index in [4.69, 9.17) is 5.73 Å². The van der Waals surface area contributed by atoms with Gasteiger partial charge in [0.2, 0.25) is 5.91 Å². The van der Waals surface area contributed by atoms with Crippen molar-refractivity contribution in [3.63, 3.8) is 0 Å². The number of nitrogens with zero attached hydrogens (tertiary/aromatic N) is 1. The van der Waals surface area contributed by atoms with Crippen LogP contribution in [0.3, 0.4) is 0 Å². The van der Waals surface area contributed by atoms with Crippen LogP contribution in [0.1, 0.15) is 59.3 Å². The Morgan fingerprint density at radius 2 is 2.00 bits per heavy atom. The Kier molecular flexibility index (Phi) is 5.67. The zero-order chi connectivity index (χ0) is 15.5. The van der Waals surface area contributed by atoms with Crippen molar-refractivity contribution in [2.45, 2.75) is 70.9 Å². The predicted octanol–water partition coefficient (Wildman–Crippen LogP) is 2.13. The molecule has 2 fully saturated rings. The summed E-state index contributed by atoms with van der Waals surface area (Å²) in [7, 11) is 0. The van der Waals surface area contributed by atoms with Gasteiger partial charge in [-0.25, -0.2) is 0 Å². The second-order valence-corrected chi connectivity index (χ2v) is 7.64. The third kappa shape index (κ3) is 4.96. The van der Waals surface area contributed by atoms with Gasteiger partial charge in [-0.15, -0.1) is 0 Å². The van der Waals surface area contributed by atoms with Crippen molar-refractivity contribution < 1.29 is 4.79 Å². The highest BCUT2D eigenvalue weighted by Crippen LogP contribution is 2.26. The minimum Gasteiger partial charge on any atom is -0.368 e.